The van der Waals surface area contributed by atoms with Crippen molar-refractivity contribution in [3.05, 3.63) is 60.7 Å². The van der Waals surface area contributed by atoms with E-state index in [0.29, 0.717) is 0 Å². The zero-order valence-corrected chi connectivity index (χ0v) is 10.7. The molecule has 2 aromatic rings. The van der Waals surface area contributed by atoms with E-state index in [4.69, 9.17) is 9.47 Å². The van der Waals surface area contributed by atoms with Gasteiger partial charge in [-0.25, -0.2) is 0 Å². The van der Waals surface area contributed by atoms with Crippen LogP contribution < -0.4 is 9.47 Å². The van der Waals surface area contributed by atoms with Gasteiger partial charge in [-0.2, -0.15) is 0 Å². The van der Waals surface area contributed by atoms with Crippen molar-refractivity contribution in [3.8, 4) is 11.5 Å². The van der Waals surface area contributed by atoms with Gasteiger partial charge in [0.15, 0.2) is 0 Å². The highest BCUT2D eigenvalue weighted by molar-refractivity contribution is 5.85. The van der Waals surface area contributed by atoms with E-state index in [1.54, 1.807) is 0 Å². The van der Waals surface area contributed by atoms with E-state index >= 15 is 0 Å². The summed E-state index contributed by atoms with van der Waals surface area (Å²) >= 11 is 0. The molecule has 0 N–H and O–H groups in total. The predicted octanol–water partition coefficient (Wildman–Crippen LogP) is 3.95. The van der Waals surface area contributed by atoms with Crippen molar-refractivity contribution in [3.63, 3.8) is 0 Å². The van der Waals surface area contributed by atoms with Crippen molar-refractivity contribution in [1.29, 1.82) is 0 Å². The van der Waals surface area contributed by atoms with E-state index in [9.17, 15) is 0 Å². The number of ether oxygens (including phenoxy) is 2. The van der Waals surface area contributed by atoms with Crippen LogP contribution in [0.3, 0.4) is 0 Å². The molecule has 92 valence electrons. The van der Waals surface area contributed by atoms with Gasteiger partial charge in [0.2, 0.25) is 6.79 Å². The fourth-order valence-electron chi connectivity index (χ4n) is 1.20. The van der Waals surface area contributed by atoms with Gasteiger partial charge < -0.3 is 9.47 Å². The van der Waals surface area contributed by atoms with Gasteiger partial charge in [0.05, 0.1) is 0 Å². The Kier molecular flexibility index (Phi) is 8.03. The highest BCUT2D eigenvalue weighted by atomic mass is 35.5. The molecule has 0 saturated heterocycles. The lowest BCUT2D eigenvalue weighted by molar-refractivity contribution is 0.120. The lowest BCUT2D eigenvalue weighted by Gasteiger charge is -2.07. The summed E-state index contributed by atoms with van der Waals surface area (Å²) < 4.78 is 10.8. The first kappa shape index (κ1) is 15.6. The molecule has 2 nitrogen and oxygen atoms in total. The van der Waals surface area contributed by atoms with Crippen LogP contribution in [0.25, 0.3) is 0 Å². The number of para-hydroxylation sites is 2. The van der Waals surface area contributed by atoms with Crippen LogP contribution in [0.5, 0.6) is 11.5 Å². The number of halogens is 2. The molecule has 0 aliphatic carbocycles. The summed E-state index contributed by atoms with van der Waals surface area (Å²) in [7, 11) is 0. The van der Waals surface area contributed by atoms with Crippen LogP contribution >= 0.6 is 24.8 Å². The molecule has 0 heterocycles. The molecule has 2 aromatic carbocycles. The van der Waals surface area contributed by atoms with Crippen LogP contribution in [-0.2, 0) is 0 Å². The van der Waals surface area contributed by atoms with Gasteiger partial charge in [0, 0.05) is 0 Å². The van der Waals surface area contributed by atoms with Gasteiger partial charge in [0.1, 0.15) is 11.5 Å². The van der Waals surface area contributed by atoms with Crippen molar-refractivity contribution in [1.82, 2.24) is 0 Å². The average molecular weight is 273 g/mol. The Hall–Kier alpha value is -1.38. The summed E-state index contributed by atoms with van der Waals surface area (Å²) in [6, 6.07) is 19.2. The fourth-order valence-corrected chi connectivity index (χ4v) is 1.20. The minimum Gasteiger partial charge on any atom is -0.458 e. The molecule has 0 unspecified atom stereocenters. The summed E-state index contributed by atoms with van der Waals surface area (Å²) in [5.74, 6) is 1.63. The van der Waals surface area contributed by atoms with Gasteiger partial charge in [0.25, 0.3) is 0 Å². The van der Waals surface area contributed by atoms with Crippen LogP contribution in [-0.4, -0.2) is 6.79 Å². The largest absolute Gasteiger partial charge is 0.458 e. The molecule has 4 heteroatoms. The van der Waals surface area contributed by atoms with E-state index in [1.807, 2.05) is 60.7 Å². The summed E-state index contributed by atoms with van der Waals surface area (Å²) in [4.78, 5) is 0. The molecule has 0 aliphatic rings. The van der Waals surface area contributed by atoms with Crippen molar-refractivity contribution in [2.75, 3.05) is 6.79 Å². The zero-order chi connectivity index (χ0) is 10.3. The van der Waals surface area contributed by atoms with Crippen LogP contribution in [0.4, 0.5) is 0 Å². The van der Waals surface area contributed by atoms with Gasteiger partial charge in [-0.05, 0) is 24.3 Å². The molecule has 0 aromatic heterocycles. The van der Waals surface area contributed by atoms with E-state index in [1.165, 1.54) is 0 Å². The highest BCUT2D eigenvalue weighted by Gasteiger charge is 1.92. The first-order valence-corrected chi connectivity index (χ1v) is 4.81. The molecule has 0 saturated carbocycles. The van der Waals surface area contributed by atoms with Crippen molar-refractivity contribution in [2.24, 2.45) is 0 Å². The summed E-state index contributed by atoms with van der Waals surface area (Å²) in [6.45, 7) is 0.230. The molecule has 17 heavy (non-hydrogen) atoms. The number of hydrogen-bond acceptors (Lipinski definition) is 2. The molecule has 0 fully saturated rings. The SMILES string of the molecule is Cl.Cl.c1ccc(OCOc2ccccc2)cc1. The predicted molar refractivity (Wildman–Crippen MR) is 73.5 cm³/mol. The molecular weight excluding hydrogens is 259 g/mol. The molecule has 0 spiro atoms. The molecule has 0 atom stereocenters. The molecule has 0 amide bonds. The summed E-state index contributed by atoms with van der Waals surface area (Å²) in [5.41, 5.74) is 0. The second-order valence-corrected chi connectivity index (χ2v) is 3.03. The van der Waals surface area contributed by atoms with Crippen molar-refractivity contribution >= 4 is 24.8 Å². The Morgan fingerprint density at radius 3 is 1.29 bits per heavy atom. The van der Waals surface area contributed by atoms with E-state index < -0.39 is 0 Å². The van der Waals surface area contributed by atoms with Crippen molar-refractivity contribution < 1.29 is 9.47 Å². The first-order chi connectivity index (χ1) is 7.45. The first-order valence-electron chi connectivity index (χ1n) is 4.81. The molecular formula is C13H14Cl2O2. The van der Waals surface area contributed by atoms with Gasteiger partial charge in [-0.15, -0.1) is 24.8 Å². The smallest absolute Gasteiger partial charge is 0.230 e. The average Bonchev–Trinajstić information content (AvgIpc) is 2.32. The quantitative estimate of drug-likeness (QED) is 0.785. The Labute approximate surface area is 113 Å². The van der Waals surface area contributed by atoms with Crippen LogP contribution in [0.15, 0.2) is 60.7 Å². The lowest BCUT2D eigenvalue weighted by atomic mass is 10.3. The highest BCUT2D eigenvalue weighted by Crippen LogP contribution is 2.11. The molecule has 2 rings (SSSR count). The maximum absolute atomic E-state index is 5.39. The van der Waals surface area contributed by atoms with Gasteiger partial charge in [-0.1, -0.05) is 36.4 Å². The third kappa shape index (κ3) is 5.48. The Balaban J connectivity index is 0.00000128. The van der Waals surface area contributed by atoms with E-state index in [2.05, 4.69) is 0 Å². The van der Waals surface area contributed by atoms with Gasteiger partial charge >= 0.3 is 0 Å². The Bertz CT molecular complexity index is 353. The van der Waals surface area contributed by atoms with Gasteiger partial charge in [-0.3, -0.25) is 0 Å². The summed E-state index contributed by atoms with van der Waals surface area (Å²) in [5, 5.41) is 0. The molecule has 0 radical (unpaired) electrons. The number of rotatable bonds is 4. The minimum absolute atomic E-state index is 0. The maximum Gasteiger partial charge on any atom is 0.230 e. The lowest BCUT2D eigenvalue weighted by Crippen LogP contribution is -2.05. The van der Waals surface area contributed by atoms with Crippen LogP contribution in [0.2, 0.25) is 0 Å². The minimum atomic E-state index is 0. The van der Waals surface area contributed by atoms with E-state index in [0.717, 1.165) is 11.5 Å². The van der Waals surface area contributed by atoms with E-state index in [-0.39, 0.29) is 31.6 Å². The van der Waals surface area contributed by atoms with Crippen LogP contribution in [0, 0.1) is 0 Å². The third-order valence-corrected chi connectivity index (χ3v) is 1.94. The van der Waals surface area contributed by atoms with Crippen molar-refractivity contribution in [2.45, 2.75) is 0 Å². The normalized spacial score (nSPS) is 8.47. The summed E-state index contributed by atoms with van der Waals surface area (Å²) in [6.07, 6.45) is 0. The Morgan fingerprint density at radius 2 is 0.941 bits per heavy atom. The maximum atomic E-state index is 5.39. The third-order valence-electron chi connectivity index (χ3n) is 1.94. The molecule has 0 bridgehead atoms. The Morgan fingerprint density at radius 1 is 0.588 bits per heavy atom. The second kappa shape index (κ2) is 8.74. The molecule has 0 aliphatic heterocycles. The monoisotopic (exact) mass is 272 g/mol. The zero-order valence-electron chi connectivity index (χ0n) is 9.11. The second-order valence-electron chi connectivity index (χ2n) is 3.03. The number of hydrogen-bond donors (Lipinski definition) is 0. The number of benzene rings is 2. The van der Waals surface area contributed by atoms with Crippen LogP contribution in [0.1, 0.15) is 0 Å². The standard InChI is InChI=1S/C13H12O2.2ClH/c1-3-7-12(8-4-1)14-11-15-13-9-5-2-6-10-13;;/h1-10H,11H2;2*1H. The topological polar surface area (TPSA) is 18.5 Å². The fraction of sp³-hybridized carbons (Fsp3) is 0.0769.